The van der Waals surface area contributed by atoms with Crippen molar-refractivity contribution in [1.82, 2.24) is 14.5 Å². The fraction of sp³-hybridized carbons (Fsp3) is 0. The second-order valence-corrected chi connectivity index (χ2v) is 11.1. The molecule has 3 aromatic heterocycles. The van der Waals surface area contributed by atoms with Gasteiger partial charge in [0.15, 0.2) is 0 Å². The van der Waals surface area contributed by atoms with E-state index in [1.807, 2.05) is 12.3 Å². The average molecular weight is 548 g/mol. The summed E-state index contributed by atoms with van der Waals surface area (Å²) in [6.07, 6.45) is 1.84. The zero-order valence-corrected chi connectivity index (χ0v) is 23.3. The molecule has 3 heteroatoms. The molecule has 200 valence electrons. The van der Waals surface area contributed by atoms with E-state index in [4.69, 9.17) is 4.98 Å². The van der Waals surface area contributed by atoms with Gasteiger partial charge in [-0.05, 0) is 71.1 Å². The minimum Gasteiger partial charge on any atom is -0.309 e. The van der Waals surface area contributed by atoms with Gasteiger partial charge in [0.25, 0.3) is 0 Å². The van der Waals surface area contributed by atoms with E-state index in [1.165, 1.54) is 43.7 Å². The fourth-order valence-corrected chi connectivity index (χ4v) is 6.57. The van der Waals surface area contributed by atoms with Crippen molar-refractivity contribution in [3.8, 4) is 28.1 Å². The molecule has 0 aliphatic heterocycles. The summed E-state index contributed by atoms with van der Waals surface area (Å²) >= 11 is 0. The second-order valence-electron chi connectivity index (χ2n) is 11.1. The molecule has 0 fully saturated rings. The minimum atomic E-state index is 1.01. The van der Waals surface area contributed by atoms with E-state index in [-0.39, 0.29) is 0 Å². The molecule has 43 heavy (non-hydrogen) atoms. The molecule has 0 bridgehead atoms. The summed E-state index contributed by atoms with van der Waals surface area (Å²) in [7, 11) is 0. The van der Waals surface area contributed by atoms with E-state index in [0.717, 1.165) is 38.8 Å². The van der Waals surface area contributed by atoms with E-state index >= 15 is 0 Å². The molecule has 3 heterocycles. The van der Waals surface area contributed by atoms with Crippen molar-refractivity contribution < 1.29 is 0 Å². The lowest BCUT2D eigenvalue weighted by molar-refractivity contribution is 1.18. The van der Waals surface area contributed by atoms with Crippen molar-refractivity contribution in [2.45, 2.75) is 0 Å². The van der Waals surface area contributed by atoms with Crippen LogP contribution >= 0.6 is 0 Å². The highest BCUT2D eigenvalue weighted by Crippen LogP contribution is 2.40. The van der Waals surface area contributed by atoms with Gasteiger partial charge in [-0.3, -0.25) is 4.98 Å². The van der Waals surface area contributed by atoms with Gasteiger partial charge in [-0.25, -0.2) is 4.98 Å². The number of pyridine rings is 2. The molecule has 0 saturated heterocycles. The monoisotopic (exact) mass is 547 g/mol. The number of hydrogen-bond donors (Lipinski definition) is 0. The summed E-state index contributed by atoms with van der Waals surface area (Å²) in [6, 6.07) is 51.9. The molecule has 9 rings (SSSR count). The number of nitrogens with zero attached hydrogens (tertiary/aromatic N) is 3. The Hall–Kier alpha value is -5.80. The van der Waals surface area contributed by atoms with Crippen LogP contribution in [-0.4, -0.2) is 14.5 Å². The quantitative estimate of drug-likeness (QED) is 0.206. The molecule has 0 spiro atoms. The van der Waals surface area contributed by atoms with E-state index < -0.39 is 0 Å². The first-order valence-corrected chi connectivity index (χ1v) is 14.6. The van der Waals surface area contributed by atoms with E-state index in [1.54, 1.807) is 0 Å². The predicted molar refractivity (Wildman–Crippen MR) is 180 cm³/mol. The van der Waals surface area contributed by atoms with Crippen LogP contribution in [0.25, 0.3) is 82.5 Å². The summed E-state index contributed by atoms with van der Waals surface area (Å²) in [6.45, 7) is 0. The highest BCUT2D eigenvalue weighted by Gasteiger charge is 2.17. The van der Waals surface area contributed by atoms with Crippen LogP contribution in [0.3, 0.4) is 0 Å². The summed E-state index contributed by atoms with van der Waals surface area (Å²) in [4.78, 5) is 9.67. The van der Waals surface area contributed by atoms with Crippen LogP contribution in [-0.2, 0) is 0 Å². The molecule has 3 nitrogen and oxygen atoms in total. The van der Waals surface area contributed by atoms with Crippen LogP contribution in [0, 0.1) is 0 Å². The van der Waals surface area contributed by atoms with E-state index in [2.05, 4.69) is 149 Å². The standard InChI is InChI=1S/C40H25N3/c1-2-9-27(10-3-1)40-35-25-39-34(24-33(35)31-12-4-6-14-37(31)42-40)32-13-5-7-15-38(32)43(39)30-19-16-26(17-20-30)28-18-21-36-29(23-28)11-8-22-41-36/h1-25H. The lowest BCUT2D eigenvalue weighted by Gasteiger charge is -2.13. The predicted octanol–water partition coefficient (Wildman–Crippen LogP) is 10.4. The van der Waals surface area contributed by atoms with Crippen molar-refractivity contribution in [3.05, 3.63) is 152 Å². The maximum atomic E-state index is 5.19. The molecule has 6 aromatic carbocycles. The molecular formula is C40H25N3. The van der Waals surface area contributed by atoms with Crippen molar-refractivity contribution in [1.29, 1.82) is 0 Å². The van der Waals surface area contributed by atoms with Crippen LogP contribution in [0.15, 0.2) is 152 Å². The zero-order valence-electron chi connectivity index (χ0n) is 23.3. The third-order valence-electron chi connectivity index (χ3n) is 8.60. The Kier molecular flexibility index (Phi) is 5.20. The molecular weight excluding hydrogens is 522 g/mol. The van der Waals surface area contributed by atoms with Gasteiger partial charge >= 0.3 is 0 Å². The first-order chi connectivity index (χ1) is 21.3. The Morgan fingerprint density at radius 1 is 0.419 bits per heavy atom. The summed E-state index contributed by atoms with van der Waals surface area (Å²) in [5.74, 6) is 0. The van der Waals surface area contributed by atoms with Crippen LogP contribution in [0.1, 0.15) is 0 Å². The number of hydrogen-bond acceptors (Lipinski definition) is 2. The molecule has 0 unspecified atom stereocenters. The molecule has 0 amide bonds. The Morgan fingerprint density at radius 3 is 2.07 bits per heavy atom. The second kappa shape index (κ2) is 9.37. The first kappa shape index (κ1) is 23.9. The van der Waals surface area contributed by atoms with Crippen molar-refractivity contribution in [3.63, 3.8) is 0 Å². The number of aromatic nitrogens is 3. The fourth-order valence-electron chi connectivity index (χ4n) is 6.57. The third kappa shape index (κ3) is 3.75. The summed E-state index contributed by atoms with van der Waals surface area (Å²) < 4.78 is 2.39. The van der Waals surface area contributed by atoms with Gasteiger partial charge in [0, 0.05) is 44.4 Å². The van der Waals surface area contributed by atoms with Gasteiger partial charge in [0.1, 0.15) is 0 Å². The highest BCUT2D eigenvalue weighted by atomic mass is 15.0. The topological polar surface area (TPSA) is 30.7 Å². The lowest BCUT2D eigenvalue weighted by Crippen LogP contribution is -1.95. The SMILES string of the molecule is c1ccc(-c2nc3ccccc3c3cc4c5ccccc5n(-c5ccc(-c6ccc7ncccc7c6)cc5)c4cc23)cc1. The van der Waals surface area contributed by atoms with Crippen molar-refractivity contribution in [2.75, 3.05) is 0 Å². The highest BCUT2D eigenvalue weighted by molar-refractivity contribution is 6.20. The first-order valence-electron chi connectivity index (χ1n) is 14.6. The number of fused-ring (bicyclic) bond motifs is 7. The van der Waals surface area contributed by atoms with Gasteiger partial charge in [0.05, 0.1) is 27.8 Å². The largest absolute Gasteiger partial charge is 0.309 e. The average Bonchev–Trinajstić information content (AvgIpc) is 3.40. The Labute approximate surface area is 248 Å². The van der Waals surface area contributed by atoms with Crippen LogP contribution in [0.4, 0.5) is 0 Å². The van der Waals surface area contributed by atoms with Crippen LogP contribution in [0.5, 0.6) is 0 Å². The molecule has 0 saturated carbocycles. The smallest absolute Gasteiger partial charge is 0.0788 e. The molecule has 0 N–H and O–H groups in total. The van der Waals surface area contributed by atoms with E-state index in [9.17, 15) is 0 Å². The number of benzene rings is 6. The Bertz CT molecular complexity index is 2490. The molecule has 0 aliphatic carbocycles. The Balaban J connectivity index is 1.30. The van der Waals surface area contributed by atoms with Crippen LogP contribution < -0.4 is 0 Å². The van der Waals surface area contributed by atoms with Gasteiger partial charge in [-0.2, -0.15) is 0 Å². The molecule has 0 atom stereocenters. The molecule has 0 aliphatic rings. The third-order valence-corrected chi connectivity index (χ3v) is 8.60. The molecule has 0 radical (unpaired) electrons. The normalized spacial score (nSPS) is 11.7. The Morgan fingerprint density at radius 2 is 1.19 bits per heavy atom. The van der Waals surface area contributed by atoms with E-state index in [0.29, 0.717) is 0 Å². The van der Waals surface area contributed by atoms with Gasteiger partial charge < -0.3 is 4.57 Å². The van der Waals surface area contributed by atoms with Gasteiger partial charge in [0.2, 0.25) is 0 Å². The van der Waals surface area contributed by atoms with Gasteiger partial charge in [-0.1, -0.05) is 91.0 Å². The minimum absolute atomic E-state index is 1.01. The summed E-state index contributed by atoms with van der Waals surface area (Å²) in [5.41, 5.74) is 10.0. The molecule has 9 aromatic rings. The number of rotatable bonds is 3. The van der Waals surface area contributed by atoms with Gasteiger partial charge in [-0.15, -0.1) is 0 Å². The maximum Gasteiger partial charge on any atom is 0.0788 e. The number of para-hydroxylation sites is 2. The summed E-state index contributed by atoms with van der Waals surface area (Å²) in [5, 5.41) is 7.18. The lowest BCUT2D eigenvalue weighted by atomic mass is 9.98. The maximum absolute atomic E-state index is 5.19. The zero-order chi connectivity index (χ0) is 28.3. The van der Waals surface area contributed by atoms with Crippen molar-refractivity contribution in [2.24, 2.45) is 0 Å². The van der Waals surface area contributed by atoms with Crippen molar-refractivity contribution >= 4 is 54.4 Å². The van der Waals surface area contributed by atoms with Crippen LogP contribution in [0.2, 0.25) is 0 Å².